The SMILES string of the molecule is NS(=O)(=O)c1ccc2c(c1)C(=Cc1oc3c(c1CNc1ccccc1)CCCC3)C(=O)N2. The number of nitrogens with two attached hydrogens (primary N) is 1. The predicted octanol–water partition coefficient (Wildman–Crippen LogP) is 3.91. The Bertz CT molecular complexity index is 1340. The van der Waals surface area contributed by atoms with Gasteiger partial charge in [0.25, 0.3) is 5.91 Å². The van der Waals surface area contributed by atoms with Crippen molar-refractivity contribution in [3.05, 3.63) is 76.7 Å². The third-order valence-electron chi connectivity index (χ3n) is 5.93. The number of benzene rings is 2. The molecule has 5 rings (SSSR count). The van der Waals surface area contributed by atoms with Gasteiger partial charge in [0.2, 0.25) is 10.0 Å². The average molecular weight is 450 g/mol. The molecule has 1 aromatic heterocycles. The number of hydrogen-bond donors (Lipinski definition) is 3. The number of carbonyl (C=O) groups excluding carboxylic acids is 1. The number of hydrogen-bond acceptors (Lipinski definition) is 5. The summed E-state index contributed by atoms with van der Waals surface area (Å²) in [5, 5.41) is 11.5. The smallest absolute Gasteiger partial charge is 0.256 e. The highest BCUT2D eigenvalue weighted by Gasteiger charge is 2.28. The summed E-state index contributed by atoms with van der Waals surface area (Å²) >= 11 is 0. The van der Waals surface area contributed by atoms with Crippen LogP contribution in [0.1, 0.15) is 41.1 Å². The Morgan fingerprint density at radius 1 is 1.09 bits per heavy atom. The van der Waals surface area contributed by atoms with E-state index in [9.17, 15) is 13.2 Å². The fraction of sp³-hybridized carbons (Fsp3) is 0.208. The van der Waals surface area contributed by atoms with E-state index < -0.39 is 10.0 Å². The fourth-order valence-electron chi connectivity index (χ4n) is 4.33. The van der Waals surface area contributed by atoms with Gasteiger partial charge >= 0.3 is 0 Å². The molecule has 2 aromatic carbocycles. The highest BCUT2D eigenvalue weighted by atomic mass is 32.2. The first-order chi connectivity index (χ1) is 15.4. The monoisotopic (exact) mass is 449 g/mol. The van der Waals surface area contributed by atoms with Crippen LogP contribution in [0.4, 0.5) is 11.4 Å². The number of fused-ring (bicyclic) bond motifs is 2. The lowest BCUT2D eigenvalue weighted by Crippen LogP contribution is -2.12. The van der Waals surface area contributed by atoms with Gasteiger partial charge in [-0.15, -0.1) is 0 Å². The van der Waals surface area contributed by atoms with Gasteiger partial charge in [0.05, 0.1) is 10.5 Å². The molecule has 32 heavy (non-hydrogen) atoms. The third kappa shape index (κ3) is 3.83. The molecule has 0 spiro atoms. The Balaban J connectivity index is 1.57. The number of sulfonamides is 1. The molecule has 164 valence electrons. The van der Waals surface area contributed by atoms with Crippen molar-refractivity contribution in [2.45, 2.75) is 37.1 Å². The highest BCUT2D eigenvalue weighted by Crippen LogP contribution is 2.37. The van der Waals surface area contributed by atoms with E-state index in [1.807, 2.05) is 30.3 Å². The number of carbonyl (C=O) groups is 1. The van der Waals surface area contributed by atoms with Gasteiger partial charge in [-0.25, -0.2) is 13.6 Å². The van der Waals surface area contributed by atoms with Gasteiger partial charge < -0.3 is 15.1 Å². The van der Waals surface area contributed by atoms with Crippen LogP contribution < -0.4 is 15.8 Å². The first-order valence-corrected chi connectivity index (χ1v) is 12.1. The van der Waals surface area contributed by atoms with Crippen LogP contribution in [-0.4, -0.2) is 14.3 Å². The Morgan fingerprint density at radius 2 is 1.88 bits per heavy atom. The van der Waals surface area contributed by atoms with Gasteiger partial charge in [-0.3, -0.25) is 4.79 Å². The van der Waals surface area contributed by atoms with E-state index in [1.165, 1.54) is 17.7 Å². The van der Waals surface area contributed by atoms with Crippen molar-refractivity contribution in [2.75, 3.05) is 10.6 Å². The molecule has 0 atom stereocenters. The normalized spacial score (nSPS) is 16.5. The predicted molar refractivity (Wildman–Crippen MR) is 123 cm³/mol. The zero-order valence-electron chi connectivity index (χ0n) is 17.4. The number of amides is 1. The molecular weight excluding hydrogens is 426 g/mol. The number of primary sulfonamides is 1. The molecule has 7 nitrogen and oxygen atoms in total. The van der Waals surface area contributed by atoms with E-state index in [4.69, 9.17) is 9.56 Å². The summed E-state index contributed by atoms with van der Waals surface area (Å²) in [5.74, 6) is 1.28. The maximum atomic E-state index is 12.7. The lowest BCUT2D eigenvalue weighted by molar-refractivity contribution is -0.110. The molecule has 0 radical (unpaired) electrons. The third-order valence-corrected chi connectivity index (χ3v) is 6.84. The second-order valence-electron chi connectivity index (χ2n) is 8.04. The summed E-state index contributed by atoms with van der Waals surface area (Å²) in [6.07, 6.45) is 5.70. The summed E-state index contributed by atoms with van der Waals surface area (Å²) in [4.78, 5) is 12.7. The number of furan rings is 1. The van der Waals surface area contributed by atoms with Crippen LogP contribution in [0.3, 0.4) is 0 Å². The molecule has 2 heterocycles. The van der Waals surface area contributed by atoms with Crippen LogP contribution in [0.15, 0.2) is 57.8 Å². The van der Waals surface area contributed by atoms with Crippen LogP contribution in [0.5, 0.6) is 0 Å². The van der Waals surface area contributed by atoms with Gasteiger partial charge in [0, 0.05) is 35.5 Å². The van der Waals surface area contributed by atoms with Gasteiger partial charge in [-0.05, 0) is 61.2 Å². The summed E-state index contributed by atoms with van der Waals surface area (Å²) < 4.78 is 29.8. The van der Waals surface area contributed by atoms with E-state index in [0.29, 0.717) is 29.1 Å². The van der Waals surface area contributed by atoms with Crippen molar-refractivity contribution in [1.82, 2.24) is 0 Å². The van der Waals surface area contributed by atoms with Crippen LogP contribution in [0.2, 0.25) is 0 Å². The van der Waals surface area contributed by atoms with Gasteiger partial charge in [-0.2, -0.15) is 0 Å². The minimum Gasteiger partial charge on any atom is -0.461 e. The molecule has 8 heteroatoms. The molecule has 1 aliphatic carbocycles. The summed E-state index contributed by atoms with van der Waals surface area (Å²) in [5.41, 5.74) is 4.63. The molecule has 0 saturated carbocycles. The molecule has 2 aliphatic rings. The number of para-hydroxylation sites is 1. The van der Waals surface area contributed by atoms with E-state index >= 15 is 0 Å². The lowest BCUT2D eigenvalue weighted by atomic mass is 9.94. The molecule has 0 unspecified atom stereocenters. The zero-order valence-corrected chi connectivity index (χ0v) is 18.2. The van der Waals surface area contributed by atoms with Crippen molar-refractivity contribution in [3.63, 3.8) is 0 Å². The lowest BCUT2D eigenvalue weighted by Gasteiger charge is -2.12. The van der Waals surface area contributed by atoms with Crippen LogP contribution in [0.25, 0.3) is 11.6 Å². The number of aryl methyl sites for hydroxylation is 1. The molecule has 4 N–H and O–H groups in total. The Morgan fingerprint density at radius 3 is 2.66 bits per heavy atom. The minimum absolute atomic E-state index is 0.0386. The van der Waals surface area contributed by atoms with Gasteiger partial charge in [0.1, 0.15) is 11.5 Å². The minimum atomic E-state index is -3.89. The highest BCUT2D eigenvalue weighted by molar-refractivity contribution is 7.89. The molecule has 0 fully saturated rings. The molecule has 0 bridgehead atoms. The van der Waals surface area contributed by atoms with Crippen molar-refractivity contribution >= 4 is 39.0 Å². The quantitative estimate of drug-likeness (QED) is 0.511. The molecule has 0 saturated heterocycles. The summed E-state index contributed by atoms with van der Waals surface area (Å²) in [6, 6.07) is 14.3. The number of nitrogens with one attached hydrogen (secondary N) is 2. The first kappa shape index (κ1) is 20.5. The molecule has 3 aromatic rings. The molecule has 1 aliphatic heterocycles. The van der Waals surface area contributed by atoms with Gasteiger partial charge in [-0.1, -0.05) is 18.2 Å². The van der Waals surface area contributed by atoms with E-state index in [2.05, 4.69) is 10.6 Å². The van der Waals surface area contributed by atoms with Gasteiger partial charge in [0.15, 0.2) is 0 Å². The molecule has 1 amide bonds. The van der Waals surface area contributed by atoms with Crippen molar-refractivity contribution < 1.29 is 17.6 Å². The Kier molecular flexibility index (Phi) is 5.11. The first-order valence-electron chi connectivity index (χ1n) is 10.5. The van der Waals surface area contributed by atoms with Crippen LogP contribution >= 0.6 is 0 Å². The second kappa shape index (κ2) is 7.96. The summed E-state index contributed by atoms with van der Waals surface area (Å²) in [7, 11) is -3.89. The Hall–Kier alpha value is -3.36. The van der Waals surface area contributed by atoms with E-state index in [1.54, 1.807) is 12.1 Å². The van der Waals surface area contributed by atoms with E-state index in [-0.39, 0.29) is 10.8 Å². The molecular formula is C24H23N3O4S. The summed E-state index contributed by atoms with van der Waals surface area (Å²) in [6.45, 7) is 0.563. The van der Waals surface area contributed by atoms with Crippen molar-refractivity contribution in [1.29, 1.82) is 0 Å². The number of anilines is 2. The fourth-order valence-corrected chi connectivity index (χ4v) is 4.87. The van der Waals surface area contributed by atoms with Crippen LogP contribution in [-0.2, 0) is 34.2 Å². The maximum absolute atomic E-state index is 12.7. The zero-order chi connectivity index (χ0) is 22.3. The standard InChI is InChI=1S/C24H23N3O4S/c25-32(29,30)16-10-11-21-18(12-16)19(24(28)27-21)13-23-20(14-26-15-6-2-1-3-7-15)17-8-4-5-9-22(17)31-23/h1-3,6-7,10-13,26H,4-5,8-9,14H2,(H,27,28)(H2,25,29,30). The largest absolute Gasteiger partial charge is 0.461 e. The topological polar surface area (TPSA) is 114 Å². The van der Waals surface area contributed by atoms with E-state index in [0.717, 1.165) is 42.7 Å². The average Bonchev–Trinajstić information content (AvgIpc) is 3.29. The van der Waals surface area contributed by atoms with Crippen molar-refractivity contribution in [2.24, 2.45) is 5.14 Å². The Labute approximate surface area is 186 Å². The second-order valence-corrected chi connectivity index (χ2v) is 9.60. The maximum Gasteiger partial charge on any atom is 0.256 e. The number of rotatable bonds is 5. The van der Waals surface area contributed by atoms with Crippen LogP contribution in [0, 0.1) is 0 Å². The van der Waals surface area contributed by atoms with Crippen molar-refractivity contribution in [3.8, 4) is 0 Å².